The van der Waals surface area contributed by atoms with E-state index < -0.39 is 18.1 Å². The van der Waals surface area contributed by atoms with Crippen LogP contribution >= 0.6 is 0 Å². The molecule has 0 saturated carbocycles. The molecule has 0 aliphatic carbocycles. The Balaban J connectivity index is 4.12. The number of carbonyl (C=O) groups is 2. The van der Waals surface area contributed by atoms with Gasteiger partial charge in [-0.15, -0.1) is 0 Å². The van der Waals surface area contributed by atoms with E-state index in [1.165, 1.54) is 7.11 Å². The first-order chi connectivity index (χ1) is 6.51. The normalized spacial score (nSPS) is 12.1. The molecule has 14 heavy (non-hydrogen) atoms. The van der Waals surface area contributed by atoms with Gasteiger partial charge < -0.3 is 14.8 Å². The molecule has 82 valence electrons. The summed E-state index contributed by atoms with van der Waals surface area (Å²) in [6, 6.07) is -0.634. The van der Waals surface area contributed by atoms with Crippen molar-refractivity contribution < 1.29 is 19.1 Å². The number of methoxy groups -OCH3 is 1. The van der Waals surface area contributed by atoms with Crippen molar-refractivity contribution in [3.63, 3.8) is 0 Å². The Bertz CT molecular complexity index is 203. The van der Waals surface area contributed by atoms with Gasteiger partial charge in [-0.25, -0.2) is 9.59 Å². The van der Waals surface area contributed by atoms with Gasteiger partial charge in [-0.2, -0.15) is 0 Å². The molecule has 0 spiro atoms. The monoisotopic (exact) mass is 203 g/mol. The van der Waals surface area contributed by atoms with Crippen molar-refractivity contribution in [1.29, 1.82) is 0 Å². The second-order valence-corrected chi connectivity index (χ2v) is 3.08. The van der Waals surface area contributed by atoms with Crippen molar-refractivity contribution >= 4 is 12.1 Å². The van der Waals surface area contributed by atoms with Gasteiger partial charge in [0.15, 0.2) is 0 Å². The fraction of sp³-hybridized carbons (Fsp3) is 0.778. The number of nitrogens with one attached hydrogen (secondary N) is 1. The molecule has 0 aromatic rings. The highest BCUT2D eigenvalue weighted by atomic mass is 16.6. The van der Waals surface area contributed by atoms with E-state index in [1.807, 2.05) is 0 Å². The number of hydrogen-bond donors (Lipinski definition) is 1. The van der Waals surface area contributed by atoms with E-state index in [4.69, 9.17) is 4.74 Å². The topological polar surface area (TPSA) is 64.6 Å². The summed E-state index contributed by atoms with van der Waals surface area (Å²) in [5.41, 5.74) is 0. The van der Waals surface area contributed by atoms with Gasteiger partial charge in [0, 0.05) is 0 Å². The zero-order valence-corrected chi connectivity index (χ0v) is 8.99. The summed E-state index contributed by atoms with van der Waals surface area (Å²) in [4.78, 5) is 22.2. The summed E-state index contributed by atoms with van der Waals surface area (Å²) in [5, 5.41) is 2.39. The van der Waals surface area contributed by atoms with Crippen LogP contribution in [0.3, 0.4) is 0 Å². The predicted molar refractivity (Wildman–Crippen MR) is 50.8 cm³/mol. The zero-order chi connectivity index (χ0) is 11.1. The lowest BCUT2D eigenvalue weighted by Crippen LogP contribution is -2.42. The average Bonchev–Trinajstić information content (AvgIpc) is 2.12. The van der Waals surface area contributed by atoms with Crippen LogP contribution in [0.2, 0.25) is 0 Å². The third kappa shape index (κ3) is 4.69. The molecule has 0 aromatic heterocycles. The maximum absolute atomic E-state index is 11.3. The van der Waals surface area contributed by atoms with Crippen LogP contribution in [0.4, 0.5) is 4.79 Å². The number of carbonyl (C=O) groups excluding carboxylic acids is 2. The smallest absolute Gasteiger partial charge is 0.407 e. The molecule has 0 rings (SSSR count). The molecule has 0 fully saturated rings. The van der Waals surface area contributed by atoms with Crippen molar-refractivity contribution in [2.75, 3.05) is 7.11 Å². The number of esters is 1. The molecular formula is C9H17NO4. The summed E-state index contributed by atoms with van der Waals surface area (Å²) in [5.74, 6) is -0.437. The van der Waals surface area contributed by atoms with Crippen LogP contribution in [0.15, 0.2) is 0 Å². The molecule has 1 amide bonds. The first-order valence-corrected chi connectivity index (χ1v) is 4.56. The first-order valence-electron chi connectivity index (χ1n) is 4.56. The number of ether oxygens (including phenoxy) is 2. The van der Waals surface area contributed by atoms with Gasteiger partial charge >= 0.3 is 12.1 Å². The Morgan fingerprint density at radius 2 is 1.93 bits per heavy atom. The minimum atomic E-state index is -0.634. The lowest BCUT2D eigenvalue weighted by atomic mass is 10.2. The molecule has 1 atom stereocenters. The minimum Gasteiger partial charge on any atom is -0.461 e. The summed E-state index contributed by atoms with van der Waals surface area (Å²) < 4.78 is 9.32. The molecule has 0 radical (unpaired) electrons. The Kier molecular flexibility index (Phi) is 5.67. The molecule has 0 heterocycles. The molecule has 0 aromatic carbocycles. The maximum atomic E-state index is 11.3. The Labute approximate surface area is 83.8 Å². The van der Waals surface area contributed by atoms with Crippen molar-refractivity contribution in [1.82, 2.24) is 5.32 Å². The van der Waals surface area contributed by atoms with Gasteiger partial charge in [0.2, 0.25) is 0 Å². The van der Waals surface area contributed by atoms with Crippen LogP contribution < -0.4 is 5.32 Å². The minimum absolute atomic E-state index is 0.184. The third-order valence-corrected chi connectivity index (χ3v) is 1.52. The van der Waals surface area contributed by atoms with Gasteiger partial charge in [-0.1, -0.05) is 6.92 Å². The second-order valence-electron chi connectivity index (χ2n) is 3.08. The van der Waals surface area contributed by atoms with Crippen molar-refractivity contribution in [3.05, 3.63) is 0 Å². The molecule has 5 nitrogen and oxygen atoms in total. The van der Waals surface area contributed by atoms with Crippen LogP contribution in [0.25, 0.3) is 0 Å². The maximum Gasteiger partial charge on any atom is 0.407 e. The van der Waals surface area contributed by atoms with Crippen LogP contribution in [-0.2, 0) is 14.3 Å². The van der Waals surface area contributed by atoms with Crippen LogP contribution in [-0.4, -0.2) is 31.3 Å². The van der Waals surface area contributed by atoms with Crippen LogP contribution in [0, 0.1) is 0 Å². The SMILES string of the molecule is CC[C@@H](NC(=O)OC)C(=O)OC(C)C. The quantitative estimate of drug-likeness (QED) is 0.694. The average molecular weight is 203 g/mol. The lowest BCUT2D eigenvalue weighted by Gasteiger charge is -2.16. The molecule has 0 saturated heterocycles. The molecule has 5 heteroatoms. The third-order valence-electron chi connectivity index (χ3n) is 1.52. The summed E-state index contributed by atoms with van der Waals surface area (Å²) in [6.45, 7) is 5.29. The number of amides is 1. The van der Waals surface area contributed by atoms with Crippen molar-refractivity contribution in [2.45, 2.75) is 39.3 Å². The highest BCUT2D eigenvalue weighted by Crippen LogP contribution is 1.98. The molecule has 0 aliphatic heterocycles. The highest BCUT2D eigenvalue weighted by Gasteiger charge is 2.21. The van der Waals surface area contributed by atoms with Crippen LogP contribution in [0.1, 0.15) is 27.2 Å². The number of hydrogen-bond acceptors (Lipinski definition) is 4. The summed E-state index contributed by atoms with van der Waals surface area (Å²) in [7, 11) is 1.25. The number of rotatable bonds is 4. The lowest BCUT2D eigenvalue weighted by molar-refractivity contribution is -0.149. The van der Waals surface area contributed by atoms with E-state index in [0.29, 0.717) is 6.42 Å². The van der Waals surface area contributed by atoms with E-state index in [0.717, 1.165) is 0 Å². The molecule has 0 aliphatic rings. The van der Waals surface area contributed by atoms with E-state index >= 15 is 0 Å². The molecule has 0 unspecified atom stereocenters. The Morgan fingerprint density at radius 3 is 2.29 bits per heavy atom. The Hall–Kier alpha value is -1.26. The largest absolute Gasteiger partial charge is 0.461 e. The zero-order valence-electron chi connectivity index (χ0n) is 8.99. The number of alkyl carbamates (subject to hydrolysis) is 1. The van der Waals surface area contributed by atoms with Gasteiger partial charge in [-0.3, -0.25) is 0 Å². The van der Waals surface area contributed by atoms with E-state index in [9.17, 15) is 9.59 Å². The molecule has 1 N–H and O–H groups in total. The van der Waals surface area contributed by atoms with E-state index in [1.54, 1.807) is 20.8 Å². The van der Waals surface area contributed by atoms with Crippen molar-refractivity contribution in [3.8, 4) is 0 Å². The van der Waals surface area contributed by atoms with Crippen LogP contribution in [0.5, 0.6) is 0 Å². The predicted octanol–water partition coefficient (Wildman–Crippen LogP) is 1.07. The van der Waals surface area contributed by atoms with Gasteiger partial charge in [-0.05, 0) is 20.3 Å². The fourth-order valence-electron chi connectivity index (χ4n) is 0.843. The van der Waals surface area contributed by atoms with E-state index in [2.05, 4.69) is 10.1 Å². The highest BCUT2D eigenvalue weighted by molar-refractivity contribution is 5.81. The van der Waals surface area contributed by atoms with E-state index in [-0.39, 0.29) is 6.10 Å². The summed E-state index contributed by atoms with van der Waals surface area (Å²) in [6.07, 6.45) is -0.339. The van der Waals surface area contributed by atoms with Crippen molar-refractivity contribution in [2.24, 2.45) is 0 Å². The standard InChI is InChI=1S/C9H17NO4/c1-5-7(10-9(12)13-4)8(11)14-6(2)3/h6-7H,5H2,1-4H3,(H,10,12)/t7-/m1/s1. The van der Waals surface area contributed by atoms with Gasteiger partial charge in [0.1, 0.15) is 6.04 Å². The Morgan fingerprint density at radius 1 is 1.36 bits per heavy atom. The fourth-order valence-corrected chi connectivity index (χ4v) is 0.843. The molecule has 0 bridgehead atoms. The summed E-state index contributed by atoms with van der Waals surface area (Å²) >= 11 is 0. The van der Waals surface area contributed by atoms with Gasteiger partial charge in [0.25, 0.3) is 0 Å². The first kappa shape index (κ1) is 12.7. The second kappa shape index (κ2) is 6.23. The van der Waals surface area contributed by atoms with Gasteiger partial charge in [0.05, 0.1) is 13.2 Å². The molecular weight excluding hydrogens is 186 g/mol.